The molecule has 0 aliphatic carbocycles. The second-order valence-electron chi connectivity index (χ2n) is 5.77. The van der Waals surface area contributed by atoms with Crippen LogP contribution in [0.15, 0.2) is 78.9 Å². The number of para-hydroxylation sites is 2. The number of nitrogens with one attached hydrogen (secondary N) is 1. The van der Waals surface area contributed by atoms with E-state index in [2.05, 4.69) is 27.4 Å². The standard InChI is InChI=1S/C21H17N3O/c25-19-13-7-5-11-17(19)21-23-18-12-6-4-10-16(18)20(24-21)22-14-15-8-2-1-3-9-15/h1-13,25H,14H2,(H,22,23,24). The summed E-state index contributed by atoms with van der Waals surface area (Å²) in [4.78, 5) is 9.28. The largest absolute Gasteiger partial charge is 0.507 e. The zero-order valence-corrected chi connectivity index (χ0v) is 13.6. The van der Waals surface area contributed by atoms with E-state index in [4.69, 9.17) is 0 Å². The lowest BCUT2D eigenvalue weighted by molar-refractivity contribution is 0.477. The van der Waals surface area contributed by atoms with Crippen LogP contribution in [0, 0.1) is 0 Å². The van der Waals surface area contributed by atoms with Crippen molar-refractivity contribution in [3.63, 3.8) is 0 Å². The third kappa shape index (κ3) is 3.15. The number of anilines is 1. The molecule has 2 N–H and O–H groups in total. The smallest absolute Gasteiger partial charge is 0.165 e. The van der Waals surface area contributed by atoms with Gasteiger partial charge in [-0.25, -0.2) is 9.97 Å². The highest BCUT2D eigenvalue weighted by Crippen LogP contribution is 2.30. The van der Waals surface area contributed by atoms with Crippen LogP contribution in [-0.2, 0) is 6.54 Å². The fraction of sp³-hybridized carbons (Fsp3) is 0.0476. The minimum Gasteiger partial charge on any atom is -0.507 e. The van der Waals surface area contributed by atoms with Gasteiger partial charge in [0.15, 0.2) is 5.82 Å². The van der Waals surface area contributed by atoms with Gasteiger partial charge < -0.3 is 10.4 Å². The number of nitrogens with zero attached hydrogens (tertiary/aromatic N) is 2. The number of rotatable bonds is 4. The molecule has 0 saturated carbocycles. The monoisotopic (exact) mass is 327 g/mol. The maximum Gasteiger partial charge on any atom is 0.165 e. The molecule has 3 aromatic carbocycles. The normalized spacial score (nSPS) is 10.7. The topological polar surface area (TPSA) is 58.0 Å². The molecule has 1 aromatic heterocycles. The third-order valence-electron chi connectivity index (χ3n) is 4.05. The average molecular weight is 327 g/mol. The number of hydrogen-bond acceptors (Lipinski definition) is 4. The van der Waals surface area contributed by atoms with Gasteiger partial charge >= 0.3 is 0 Å². The Morgan fingerprint density at radius 3 is 2.32 bits per heavy atom. The van der Waals surface area contributed by atoms with Gasteiger partial charge in [0.1, 0.15) is 11.6 Å². The summed E-state index contributed by atoms with van der Waals surface area (Å²) in [5.41, 5.74) is 2.64. The van der Waals surface area contributed by atoms with Crippen molar-refractivity contribution in [1.82, 2.24) is 9.97 Å². The fourth-order valence-corrected chi connectivity index (χ4v) is 2.78. The van der Waals surface area contributed by atoms with Crippen LogP contribution in [0.1, 0.15) is 5.56 Å². The van der Waals surface area contributed by atoms with Crippen LogP contribution in [0.2, 0.25) is 0 Å². The second kappa shape index (κ2) is 6.61. The van der Waals surface area contributed by atoms with Gasteiger partial charge in [0.25, 0.3) is 0 Å². The lowest BCUT2D eigenvalue weighted by Gasteiger charge is -2.11. The summed E-state index contributed by atoms with van der Waals surface area (Å²) in [5, 5.41) is 14.5. The predicted molar refractivity (Wildman–Crippen MR) is 100 cm³/mol. The van der Waals surface area contributed by atoms with E-state index >= 15 is 0 Å². The van der Waals surface area contributed by atoms with Crippen molar-refractivity contribution in [3.05, 3.63) is 84.4 Å². The molecular weight excluding hydrogens is 310 g/mol. The summed E-state index contributed by atoms with van der Waals surface area (Å²) in [5.74, 6) is 1.44. The van der Waals surface area contributed by atoms with Crippen molar-refractivity contribution < 1.29 is 5.11 Å². The first-order valence-corrected chi connectivity index (χ1v) is 8.14. The zero-order chi connectivity index (χ0) is 17.1. The summed E-state index contributed by atoms with van der Waals surface area (Å²) in [6.45, 7) is 0.669. The quantitative estimate of drug-likeness (QED) is 0.574. The molecule has 0 aliphatic rings. The Labute approximate surface area is 145 Å². The fourth-order valence-electron chi connectivity index (χ4n) is 2.78. The Morgan fingerprint density at radius 2 is 1.48 bits per heavy atom. The summed E-state index contributed by atoms with van der Waals surface area (Å²) in [6.07, 6.45) is 0. The number of aromatic nitrogens is 2. The molecule has 0 fully saturated rings. The molecule has 122 valence electrons. The summed E-state index contributed by atoms with van der Waals surface area (Å²) in [7, 11) is 0. The van der Waals surface area contributed by atoms with E-state index in [0.29, 0.717) is 17.9 Å². The van der Waals surface area contributed by atoms with Crippen LogP contribution in [0.25, 0.3) is 22.3 Å². The van der Waals surface area contributed by atoms with Crippen LogP contribution in [0.3, 0.4) is 0 Å². The maximum absolute atomic E-state index is 10.1. The summed E-state index contributed by atoms with van der Waals surface area (Å²) in [6, 6.07) is 25.2. The van der Waals surface area contributed by atoms with Gasteiger partial charge in [-0.3, -0.25) is 0 Å². The van der Waals surface area contributed by atoms with Gasteiger partial charge in [0.2, 0.25) is 0 Å². The van der Waals surface area contributed by atoms with E-state index in [1.165, 1.54) is 5.56 Å². The molecule has 1 heterocycles. The van der Waals surface area contributed by atoms with E-state index in [1.807, 2.05) is 54.6 Å². The molecule has 0 radical (unpaired) electrons. The molecule has 0 spiro atoms. The molecular formula is C21H17N3O. The number of phenols is 1. The SMILES string of the molecule is Oc1ccccc1-c1nc(NCc2ccccc2)c2ccccc2n1. The van der Waals surface area contributed by atoms with Crippen molar-refractivity contribution in [2.24, 2.45) is 0 Å². The predicted octanol–water partition coefficient (Wildman–Crippen LogP) is 4.61. The first-order chi connectivity index (χ1) is 12.3. The molecule has 4 rings (SSSR count). The van der Waals surface area contributed by atoms with E-state index < -0.39 is 0 Å². The van der Waals surface area contributed by atoms with Crippen molar-refractivity contribution in [1.29, 1.82) is 0 Å². The molecule has 0 unspecified atom stereocenters. The summed E-state index contributed by atoms with van der Waals surface area (Å²) < 4.78 is 0. The first-order valence-electron chi connectivity index (χ1n) is 8.14. The van der Waals surface area contributed by atoms with Crippen LogP contribution in [0.4, 0.5) is 5.82 Å². The number of phenolic OH excluding ortho intramolecular Hbond substituents is 1. The van der Waals surface area contributed by atoms with Gasteiger partial charge in [-0.15, -0.1) is 0 Å². The van der Waals surface area contributed by atoms with E-state index in [0.717, 1.165) is 16.7 Å². The Kier molecular flexibility index (Phi) is 4.01. The average Bonchev–Trinajstić information content (AvgIpc) is 2.67. The van der Waals surface area contributed by atoms with Crippen molar-refractivity contribution in [3.8, 4) is 17.1 Å². The lowest BCUT2D eigenvalue weighted by atomic mass is 10.1. The van der Waals surface area contributed by atoms with Gasteiger partial charge in [-0.1, -0.05) is 54.6 Å². The molecule has 0 bridgehead atoms. The van der Waals surface area contributed by atoms with Crippen LogP contribution >= 0.6 is 0 Å². The van der Waals surface area contributed by atoms with Crippen LogP contribution in [-0.4, -0.2) is 15.1 Å². The molecule has 25 heavy (non-hydrogen) atoms. The second-order valence-corrected chi connectivity index (χ2v) is 5.77. The Balaban J connectivity index is 1.78. The van der Waals surface area contributed by atoms with E-state index in [9.17, 15) is 5.11 Å². The lowest BCUT2D eigenvalue weighted by Crippen LogP contribution is -2.04. The molecule has 0 aliphatic heterocycles. The van der Waals surface area contributed by atoms with Gasteiger partial charge in [-0.05, 0) is 29.8 Å². The Morgan fingerprint density at radius 1 is 0.760 bits per heavy atom. The van der Waals surface area contributed by atoms with Gasteiger partial charge in [-0.2, -0.15) is 0 Å². The molecule has 0 amide bonds. The van der Waals surface area contributed by atoms with Crippen molar-refractivity contribution in [2.45, 2.75) is 6.54 Å². The van der Waals surface area contributed by atoms with E-state index in [-0.39, 0.29) is 5.75 Å². The van der Waals surface area contributed by atoms with Crippen LogP contribution in [0.5, 0.6) is 5.75 Å². The number of hydrogen-bond donors (Lipinski definition) is 2. The molecule has 4 nitrogen and oxygen atoms in total. The zero-order valence-electron chi connectivity index (χ0n) is 13.6. The first kappa shape index (κ1) is 15.1. The minimum atomic E-state index is 0.173. The van der Waals surface area contributed by atoms with Crippen molar-refractivity contribution >= 4 is 16.7 Å². The van der Waals surface area contributed by atoms with Crippen LogP contribution < -0.4 is 5.32 Å². The minimum absolute atomic E-state index is 0.173. The molecule has 4 heteroatoms. The van der Waals surface area contributed by atoms with Gasteiger partial charge in [0.05, 0.1) is 11.1 Å². The maximum atomic E-state index is 10.1. The Bertz CT molecular complexity index is 1020. The third-order valence-corrected chi connectivity index (χ3v) is 4.05. The molecule has 4 aromatic rings. The Hall–Kier alpha value is -3.40. The molecule has 0 saturated heterocycles. The van der Waals surface area contributed by atoms with E-state index in [1.54, 1.807) is 12.1 Å². The highest BCUT2D eigenvalue weighted by molar-refractivity contribution is 5.90. The van der Waals surface area contributed by atoms with Gasteiger partial charge in [0, 0.05) is 11.9 Å². The number of fused-ring (bicyclic) bond motifs is 1. The highest BCUT2D eigenvalue weighted by atomic mass is 16.3. The number of benzene rings is 3. The molecule has 0 atom stereocenters. The number of aromatic hydroxyl groups is 1. The summed E-state index contributed by atoms with van der Waals surface area (Å²) >= 11 is 0. The van der Waals surface area contributed by atoms with Crippen molar-refractivity contribution in [2.75, 3.05) is 5.32 Å². The highest BCUT2D eigenvalue weighted by Gasteiger charge is 2.11.